The fraction of sp³-hybridized carbons (Fsp3) is 0.533. The molecule has 1 aliphatic rings. The second-order valence-electron chi connectivity index (χ2n) is 5.06. The van der Waals surface area contributed by atoms with Crippen molar-refractivity contribution in [2.24, 2.45) is 5.73 Å². The Bertz CT molecular complexity index is 410. The summed E-state index contributed by atoms with van der Waals surface area (Å²) in [7, 11) is 0. The van der Waals surface area contributed by atoms with Gasteiger partial charge >= 0.3 is 0 Å². The summed E-state index contributed by atoms with van der Waals surface area (Å²) in [4.78, 5) is 12.2. The predicted octanol–water partition coefficient (Wildman–Crippen LogP) is 2.48. The smallest absolute Gasteiger partial charge is 0.241 e. The Morgan fingerprint density at radius 3 is 2.68 bits per heavy atom. The Morgan fingerprint density at radius 2 is 2.00 bits per heavy atom. The first kappa shape index (κ1) is 14.4. The van der Waals surface area contributed by atoms with Crippen molar-refractivity contribution < 1.29 is 4.79 Å². The van der Waals surface area contributed by atoms with Gasteiger partial charge in [-0.2, -0.15) is 11.8 Å². The molecular formula is C15H22N2OS. The quantitative estimate of drug-likeness (QED) is 0.889. The molecule has 0 bridgehead atoms. The fourth-order valence-corrected chi connectivity index (χ4v) is 3.56. The highest BCUT2D eigenvalue weighted by atomic mass is 32.2. The fourth-order valence-electron chi connectivity index (χ4n) is 2.63. The van der Waals surface area contributed by atoms with Crippen molar-refractivity contribution in [1.82, 2.24) is 5.32 Å². The molecule has 19 heavy (non-hydrogen) atoms. The van der Waals surface area contributed by atoms with E-state index in [1.807, 2.05) is 42.1 Å². The van der Waals surface area contributed by atoms with Crippen LogP contribution >= 0.6 is 11.8 Å². The maximum absolute atomic E-state index is 12.2. The van der Waals surface area contributed by atoms with Gasteiger partial charge in [0, 0.05) is 11.3 Å². The van der Waals surface area contributed by atoms with Gasteiger partial charge < -0.3 is 11.1 Å². The molecule has 1 aromatic rings. The highest BCUT2D eigenvalue weighted by Gasteiger charge is 2.27. The minimum Gasteiger partial charge on any atom is -0.351 e. The van der Waals surface area contributed by atoms with Crippen LogP contribution in [0.2, 0.25) is 0 Å². The summed E-state index contributed by atoms with van der Waals surface area (Å²) < 4.78 is 0. The van der Waals surface area contributed by atoms with Crippen molar-refractivity contribution >= 4 is 17.7 Å². The molecule has 0 radical (unpaired) electrons. The third-order valence-electron chi connectivity index (χ3n) is 3.77. The van der Waals surface area contributed by atoms with Crippen molar-refractivity contribution in [3.8, 4) is 0 Å². The summed E-state index contributed by atoms with van der Waals surface area (Å²) in [6, 6.07) is 9.26. The van der Waals surface area contributed by atoms with Crippen LogP contribution in [0.25, 0.3) is 0 Å². The Morgan fingerprint density at radius 1 is 1.32 bits per heavy atom. The van der Waals surface area contributed by atoms with Crippen LogP contribution in [0.3, 0.4) is 0 Å². The summed E-state index contributed by atoms with van der Waals surface area (Å²) in [6.07, 6.45) is 6.84. The van der Waals surface area contributed by atoms with E-state index in [4.69, 9.17) is 5.73 Å². The first-order valence-electron chi connectivity index (χ1n) is 6.86. The lowest BCUT2D eigenvalue weighted by Gasteiger charge is -2.31. The summed E-state index contributed by atoms with van der Waals surface area (Å²) in [5.74, 6) is -0.0582. The number of amides is 1. The van der Waals surface area contributed by atoms with Gasteiger partial charge in [-0.05, 0) is 24.7 Å². The van der Waals surface area contributed by atoms with Gasteiger partial charge in [0.25, 0.3) is 0 Å². The molecule has 1 amide bonds. The SMILES string of the molecule is CSC1CCCCC1NC(=O)[C@H](N)c1ccccc1. The molecule has 104 valence electrons. The zero-order valence-electron chi connectivity index (χ0n) is 11.3. The number of thioether (sulfide) groups is 1. The number of hydrogen-bond donors (Lipinski definition) is 2. The van der Waals surface area contributed by atoms with Crippen molar-refractivity contribution in [1.29, 1.82) is 0 Å². The highest BCUT2D eigenvalue weighted by molar-refractivity contribution is 7.99. The highest BCUT2D eigenvalue weighted by Crippen LogP contribution is 2.27. The van der Waals surface area contributed by atoms with Crippen molar-refractivity contribution in [3.05, 3.63) is 35.9 Å². The Hall–Kier alpha value is -1.00. The Labute approximate surface area is 119 Å². The molecule has 1 saturated carbocycles. The largest absolute Gasteiger partial charge is 0.351 e. The van der Waals surface area contributed by atoms with Gasteiger partial charge in [0.2, 0.25) is 5.91 Å². The van der Waals surface area contributed by atoms with Gasteiger partial charge in [-0.1, -0.05) is 43.2 Å². The van der Waals surface area contributed by atoms with Crippen molar-refractivity contribution in [3.63, 3.8) is 0 Å². The zero-order valence-corrected chi connectivity index (χ0v) is 12.2. The van der Waals surface area contributed by atoms with E-state index >= 15 is 0 Å². The second kappa shape index (κ2) is 6.96. The Kier molecular flexibility index (Phi) is 5.28. The van der Waals surface area contributed by atoms with Crippen molar-refractivity contribution in [2.45, 2.75) is 43.0 Å². The zero-order chi connectivity index (χ0) is 13.7. The molecule has 2 rings (SSSR count). The molecule has 0 heterocycles. The van der Waals surface area contributed by atoms with Crippen LogP contribution < -0.4 is 11.1 Å². The number of rotatable bonds is 4. The number of nitrogens with one attached hydrogen (secondary N) is 1. The number of benzene rings is 1. The monoisotopic (exact) mass is 278 g/mol. The molecule has 0 aliphatic heterocycles. The van der Waals surface area contributed by atoms with Crippen LogP contribution in [0.15, 0.2) is 30.3 Å². The van der Waals surface area contributed by atoms with Gasteiger partial charge in [-0.3, -0.25) is 4.79 Å². The molecule has 2 unspecified atom stereocenters. The average molecular weight is 278 g/mol. The van der Waals surface area contributed by atoms with Crippen LogP contribution in [-0.2, 0) is 4.79 Å². The Balaban J connectivity index is 1.96. The maximum Gasteiger partial charge on any atom is 0.241 e. The average Bonchev–Trinajstić information content (AvgIpc) is 2.48. The molecule has 0 aromatic heterocycles. The van der Waals surface area contributed by atoms with E-state index in [1.165, 1.54) is 19.3 Å². The lowest BCUT2D eigenvalue weighted by molar-refractivity contribution is -0.123. The van der Waals surface area contributed by atoms with E-state index in [0.29, 0.717) is 5.25 Å². The maximum atomic E-state index is 12.2. The summed E-state index contributed by atoms with van der Waals surface area (Å²) in [6.45, 7) is 0. The van der Waals surface area contributed by atoms with Gasteiger partial charge in [0.05, 0.1) is 0 Å². The molecule has 3 N–H and O–H groups in total. The standard InChI is InChI=1S/C15H22N2OS/c1-19-13-10-6-5-9-12(13)17-15(18)14(16)11-7-3-2-4-8-11/h2-4,7-8,12-14H,5-6,9-10,16H2,1H3,(H,17,18)/t12?,13?,14-/m1/s1. The number of carbonyl (C=O) groups is 1. The summed E-state index contributed by atoms with van der Waals surface area (Å²) in [5.41, 5.74) is 6.90. The minimum absolute atomic E-state index is 0.0582. The number of hydrogen-bond acceptors (Lipinski definition) is 3. The van der Waals surface area contributed by atoms with E-state index in [0.717, 1.165) is 12.0 Å². The lowest BCUT2D eigenvalue weighted by Crippen LogP contribution is -2.47. The third kappa shape index (κ3) is 3.74. The van der Waals surface area contributed by atoms with Crippen LogP contribution in [-0.4, -0.2) is 23.5 Å². The first-order valence-corrected chi connectivity index (χ1v) is 8.15. The van der Waals surface area contributed by atoms with Crippen LogP contribution in [0.4, 0.5) is 0 Å². The lowest BCUT2D eigenvalue weighted by atomic mass is 9.94. The van der Waals surface area contributed by atoms with Gasteiger partial charge in [-0.15, -0.1) is 0 Å². The normalized spacial score (nSPS) is 24.7. The molecule has 4 heteroatoms. The second-order valence-corrected chi connectivity index (χ2v) is 6.14. The van der Waals surface area contributed by atoms with E-state index in [9.17, 15) is 4.79 Å². The summed E-state index contributed by atoms with van der Waals surface area (Å²) in [5, 5.41) is 3.66. The molecule has 3 nitrogen and oxygen atoms in total. The van der Waals surface area contributed by atoms with Crippen LogP contribution in [0.5, 0.6) is 0 Å². The van der Waals surface area contributed by atoms with Gasteiger partial charge in [0.1, 0.15) is 6.04 Å². The van der Waals surface area contributed by atoms with Crippen LogP contribution in [0.1, 0.15) is 37.3 Å². The molecule has 1 fully saturated rings. The molecule has 0 spiro atoms. The van der Waals surface area contributed by atoms with E-state index in [1.54, 1.807) is 0 Å². The molecule has 0 saturated heterocycles. The molecular weight excluding hydrogens is 256 g/mol. The topological polar surface area (TPSA) is 55.1 Å². The van der Waals surface area contributed by atoms with E-state index in [-0.39, 0.29) is 11.9 Å². The minimum atomic E-state index is -0.564. The summed E-state index contributed by atoms with van der Waals surface area (Å²) >= 11 is 1.85. The van der Waals surface area contributed by atoms with Crippen molar-refractivity contribution in [2.75, 3.05) is 6.26 Å². The predicted molar refractivity (Wildman–Crippen MR) is 81.1 cm³/mol. The molecule has 1 aliphatic carbocycles. The third-order valence-corrected chi connectivity index (χ3v) is 4.94. The van der Waals surface area contributed by atoms with Crippen LogP contribution in [0, 0.1) is 0 Å². The van der Waals surface area contributed by atoms with E-state index < -0.39 is 6.04 Å². The molecule has 3 atom stereocenters. The van der Waals surface area contributed by atoms with Gasteiger partial charge in [0.15, 0.2) is 0 Å². The van der Waals surface area contributed by atoms with E-state index in [2.05, 4.69) is 11.6 Å². The molecule has 1 aromatic carbocycles. The first-order chi connectivity index (χ1) is 9.22. The van der Waals surface area contributed by atoms with Gasteiger partial charge in [-0.25, -0.2) is 0 Å². The number of nitrogens with two attached hydrogens (primary N) is 1. The number of carbonyl (C=O) groups excluding carboxylic acids is 1.